The van der Waals surface area contributed by atoms with Crippen molar-refractivity contribution >= 4 is 28.5 Å². The van der Waals surface area contributed by atoms with Crippen molar-refractivity contribution in [1.82, 2.24) is 4.98 Å². The van der Waals surface area contributed by atoms with Crippen LogP contribution >= 0.6 is 11.6 Å². The van der Waals surface area contributed by atoms with Crippen molar-refractivity contribution in [1.29, 1.82) is 0 Å². The van der Waals surface area contributed by atoms with Crippen LogP contribution in [-0.2, 0) is 0 Å². The molecule has 0 bridgehead atoms. The molecular formula is C21H18ClNO3. The third-order valence-corrected chi connectivity index (χ3v) is 4.99. The van der Waals surface area contributed by atoms with E-state index in [1.165, 1.54) is 0 Å². The van der Waals surface area contributed by atoms with E-state index in [1.807, 2.05) is 30.3 Å². The Bertz CT molecular complexity index is 966. The van der Waals surface area contributed by atoms with Crippen LogP contribution in [0.4, 0.5) is 0 Å². The van der Waals surface area contributed by atoms with Crippen molar-refractivity contribution in [2.45, 2.75) is 31.8 Å². The SMILES string of the molecule is O=C(O)c1nc2ccc(Cl)cc2c(OC2CCCC2)c1-c1ccccc1. The summed E-state index contributed by atoms with van der Waals surface area (Å²) in [7, 11) is 0. The Morgan fingerprint density at radius 3 is 2.54 bits per heavy atom. The molecule has 132 valence electrons. The fraction of sp³-hybridized carbons (Fsp3) is 0.238. The predicted octanol–water partition coefficient (Wildman–Crippen LogP) is 5.57. The lowest BCUT2D eigenvalue weighted by Crippen LogP contribution is -2.14. The number of aromatic nitrogens is 1. The molecule has 1 heterocycles. The quantitative estimate of drug-likeness (QED) is 0.654. The van der Waals surface area contributed by atoms with Gasteiger partial charge in [-0.25, -0.2) is 9.78 Å². The zero-order valence-corrected chi connectivity index (χ0v) is 14.9. The Morgan fingerprint density at radius 2 is 1.85 bits per heavy atom. The molecule has 3 aromatic rings. The molecule has 0 amide bonds. The summed E-state index contributed by atoms with van der Waals surface area (Å²) >= 11 is 6.21. The number of fused-ring (bicyclic) bond motifs is 1. The fourth-order valence-corrected chi connectivity index (χ4v) is 3.70. The summed E-state index contributed by atoms with van der Waals surface area (Å²) in [6.45, 7) is 0. The van der Waals surface area contributed by atoms with Gasteiger partial charge in [-0.2, -0.15) is 0 Å². The summed E-state index contributed by atoms with van der Waals surface area (Å²) in [6.07, 6.45) is 4.28. The highest BCUT2D eigenvalue weighted by Crippen LogP contribution is 2.41. The molecular weight excluding hydrogens is 350 g/mol. The number of hydrogen-bond donors (Lipinski definition) is 1. The third-order valence-electron chi connectivity index (χ3n) is 4.75. The lowest BCUT2D eigenvalue weighted by Gasteiger charge is -2.20. The standard InChI is InChI=1S/C21H18ClNO3/c22-14-10-11-17-16(12-14)20(26-15-8-4-5-9-15)18(19(23-17)21(24)25)13-6-2-1-3-7-13/h1-3,6-7,10-12,15H,4-5,8-9H2,(H,24,25). The van der Waals surface area contributed by atoms with Gasteiger partial charge in [0.15, 0.2) is 5.69 Å². The Balaban J connectivity index is 2.03. The first-order chi connectivity index (χ1) is 12.6. The number of carbonyl (C=O) groups is 1. The van der Waals surface area contributed by atoms with Crippen LogP contribution in [0.5, 0.6) is 5.75 Å². The average molecular weight is 368 g/mol. The van der Waals surface area contributed by atoms with Crippen molar-refractivity contribution < 1.29 is 14.6 Å². The zero-order valence-electron chi connectivity index (χ0n) is 14.1. The molecule has 4 rings (SSSR count). The van der Waals surface area contributed by atoms with E-state index in [0.29, 0.717) is 21.9 Å². The molecule has 0 aliphatic heterocycles. The maximum atomic E-state index is 12.0. The molecule has 5 heteroatoms. The first kappa shape index (κ1) is 16.9. The minimum absolute atomic E-state index is 0.000908. The van der Waals surface area contributed by atoms with E-state index in [2.05, 4.69) is 4.98 Å². The molecule has 0 saturated heterocycles. The van der Waals surface area contributed by atoms with Crippen LogP contribution in [0.1, 0.15) is 36.2 Å². The maximum absolute atomic E-state index is 12.0. The number of hydrogen-bond acceptors (Lipinski definition) is 3. The van der Waals surface area contributed by atoms with Crippen molar-refractivity contribution in [3.05, 3.63) is 59.2 Å². The monoisotopic (exact) mass is 367 g/mol. The van der Waals surface area contributed by atoms with Crippen molar-refractivity contribution in [3.63, 3.8) is 0 Å². The minimum Gasteiger partial charge on any atom is -0.489 e. The lowest BCUT2D eigenvalue weighted by atomic mass is 9.99. The molecule has 2 aromatic carbocycles. The summed E-state index contributed by atoms with van der Waals surface area (Å²) in [5.74, 6) is -0.509. The molecule has 0 radical (unpaired) electrons. The molecule has 1 aliphatic rings. The van der Waals surface area contributed by atoms with Crippen LogP contribution in [0.2, 0.25) is 5.02 Å². The fourth-order valence-electron chi connectivity index (χ4n) is 3.53. The van der Waals surface area contributed by atoms with Gasteiger partial charge in [-0.15, -0.1) is 0 Å². The van der Waals surface area contributed by atoms with Gasteiger partial charge in [-0.1, -0.05) is 41.9 Å². The summed E-state index contributed by atoms with van der Waals surface area (Å²) in [5.41, 5.74) is 1.85. The second kappa shape index (κ2) is 6.96. The number of aromatic carboxylic acids is 1. The highest BCUT2D eigenvalue weighted by atomic mass is 35.5. The molecule has 26 heavy (non-hydrogen) atoms. The highest BCUT2D eigenvalue weighted by Gasteiger charge is 2.26. The van der Waals surface area contributed by atoms with Crippen molar-refractivity contribution in [2.24, 2.45) is 0 Å². The number of rotatable bonds is 4. The van der Waals surface area contributed by atoms with Gasteiger partial charge in [0.2, 0.25) is 0 Å². The minimum atomic E-state index is -1.07. The van der Waals surface area contributed by atoms with Crippen LogP contribution in [0.25, 0.3) is 22.0 Å². The summed E-state index contributed by atoms with van der Waals surface area (Å²) in [4.78, 5) is 16.3. The van der Waals surface area contributed by atoms with Gasteiger partial charge in [0, 0.05) is 10.4 Å². The van der Waals surface area contributed by atoms with Gasteiger partial charge >= 0.3 is 5.97 Å². The summed E-state index contributed by atoms with van der Waals surface area (Å²) in [6, 6.07) is 14.6. The van der Waals surface area contributed by atoms with Gasteiger partial charge in [0.1, 0.15) is 5.75 Å². The number of carboxylic acids is 1. The largest absolute Gasteiger partial charge is 0.489 e. The second-order valence-electron chi connectivity index (χ2n) is 6.52. The Morgan fingerprint density at radius 1 is 1.12 bits per heavy atom. The van der Waals surface area contributed by atoms with Gasteiger partial charge in [0.25, 0.3) is 0 Å². The predicted molar refractivity (Wildman–Crippen MR) is 102 cm³/mol. The van der Waals surface area contributed by atoms with E-state index in [-0.39, 0.29) is 11.8 Å². The van der Waals surface area contributed by atoms with Crippen molar-refractivity contribution in [2.75, 3.05) is 0 Å². The Hall–Kier alpha value is -2.59. The average Bonchev–Trinajstić information content (AvgIpc) is 3.15. The van der Waals surface area contributed by atoms with Crippen LogP contribution in [0.15, 0.2) is 48.5 Å². The van der Waals surface area contributed by atoms with Gasteiger partial charge in [0.05, 0.1) is 17.2 Å². The normalized spacial score (nSPS) is 14.7. The first-order valence-corrected chi connectivity index (χ1v) is 9.10. The number of ether oxygens (including phenoxy) is 1. The van der Waals surface area contributed by atoms with Gasteiger partial charge in [-0.05, 0) is 49.4 Å². The molecule has 1 fully saturated rings. The Kier molecular flexibility index (Phi) is 4.51. The molecule has 0 atom stereocenters. The number of pyridine rings is 1. The molecule has 1 aliphatic carbocycles. The molecule has 0 unspecified atom stereocenters. The first-order valence-electron chi connectivity index (χ1n) is 8.72. The van der Waals surface area contributed by atoms with Gasteiger partial charge < -0.3 is 9.84 Å². The van der Waals surface area contributed by atoms with E-state index < -0.39 is 5.97 Å². The third kappa shape index (κ3) is 3.13. The highest BCUT2D eigenvalue weighted by molar-refractivity contribution is 6.31. The van der Waals surface area contributed by atoms with Gasteiger partial charge in [-0.3, -0.25) is 0 Å². The molecule has 0 spiro atoms. The van der Waals surface area contributed by atoms with E-state index in [4.69, 9.17) is 16.3 Å². The lowest BCUT2D eigenvalue weighted by molar-refractivity contribution is 0.0691. The Labute approximate surface area is 156 Å². The smallest absolute Gasteiger partial charge is 0.355 e. The number of benzene rings is 2. The van der Waals surface area contributed by atoms with E-state index in [9.17, 15) is 9.90 Å². The van der Waals surface area contributed by atoms with Crippen LogP contribution in [0.3, 0.4) is 0 Å². The van der Waals surface area contributed by atoms with E-state index in [1.54, 1.807) is 18.2 Å². The number of halogens is 1. The van der Waals surface area contributed by atoms with E-state index in [0.717, 1.165) is 36.6 Å². The molecule has 1 N–H and O–H groups in total. The number of nitrogens with zero attached hydrogens (tertiary/aromatic N) is 1. The maximum Gasteiger partial charge on any atom is 0.355 e. The summed E-state index contributed by atoms with van der Waals surface area (Å²) in [5, 5.41) is 11.1. The van der Waals surface area contributed by atoms with E-state index >= 15 is 0 Å². The zero-order chi connectivity index (χ0) is 18.1. The number of carboxylic acid groups (broad SMARTS) is 1. The van der Waals surface area contributed by atoms with Crippen LogP contribution in [0, 0.1) is 0 Å². The topological polar surface area (TPSA) is 59.4 Å². The molecule has 1 saturated carbocycles. The molecule has 1 aromatic heterocycles. The van der Waals surface area contributed by atoms with Crippen LogP contribution in [-0.4, -0.2) is 22.2 Å². The van der Waals surface area contributed by atoms with Crippen LogP contribution < -0.4 is 4.74 Å². The summed E-state index contributed by atoms with van der Waals surface area (Å²) < 4.78 is 6.36. The van der Waals surface area contributed by atoms with Crippen molar-refractivity contribution in [3.8, 4) is 16.9 Å². The molecule has 4 nitrogen and oxygen atoms in total. The second-order valence-corrected chi connectivity index (χ2v) is 6.96.